The van der Waals surface area contributed by atoms with Gasteiger partial charge in [-0.25, -0.2) is 4.98 Å². The molecule has 0 aliphatic carbocycles. The fraction of sp³-hybridized carbons (Fsp3) is 0. The third-order valence-electron chi connectivity index (χ3n) is 7.05. The highest BCUT2D eigenvalue weighted by Gasteiger charge is 2.15. The first-order valence-electron chi connectivity index (χ1n) is 12.7. The maximum absolute atomic E-state index is 5.05. The molecule has 7 rings (SSSR count). The fourth-order valence-corrected chi connectivity index (χ4v) is 5.86. The molecule has 0 saturated carbocycles. The Morgan fingerprint density at radius 2 is 1.05 bits per heavy atom. The van der Waals surface area contributed by atoms with Gasteiger partial charge in [0.05, 0.1) is 22.4 Å². The standard InChI is InChI=1S/C35H23BrN2/c36-30-18-10-20-34-35(30)29-17-7-8-19-33(29)38(34)28-16-9-15-26(21-28)27-22-31(24-11-3-1-4-12-24)37-32(23-27)25-13-5-2-6-14-25/h1-23H. The molecular formula is C35H23BrN2. The summed E-state index contributed by atoms with van der Waals surface area (Å²) in [5.41, 5.74) is 9.94. The summed E-state index contributed by atoms with van der Waals surface area (Å²) in [6, 6.07) is 49.0. The van der Waals surface area contributed by atoms with Crippen LogP contribution in [0.2, 0.25) is 0 Å². The van der Waals surface area contributed by atoms with Crippen LogP contribution in [-0.2, 0) is 0 Å². The molecule has 0 radical (unpaired) electrons. The van der Waals surface area contributed by atoms with Gasteiger partial charge < -0.3 is 4.57 Å². The van der Waals surface area contributed by atoms with E-state index in [9.17, 15) is 0 Å². The van der Waals surface area contributed by atoms with Crippen molar-refractivity contribution < 1.29 is 0 Å². The third-order valence-corrected chi connectivity index (χ3v) is 7.71. The molecule has 0 unspecified atom stereocenters. The van der Waals surface area contributed by atoms with E-state index in [0.29, 0.717) is 0 Å². The van der Waals surface area contributed by atoms with Gasteiger partial charge in [0, 0.05) is 32.1 Å². The molecule has 0 atom stereocenters. The molecule has 7 aromatic rings. The maximum Gasteiger partial charge on any atom is 0.0715 e. The number of hydrogen-bond donors (Lipinski definition) is 0. The molecular weight excluding hydrogens is 528 g/mol. The van der Waals surface area contributed by atoms with Gasteiger partial charge in [-0.15, -0.1) is 0 Å². The highest BCUT2D eigenvalue weighted by molar-refractivity contribution is 9.10. The van der Waals surface area contributed by atoms with Gasteiger partial charge in [-0.2, -0.15) is 0 Å². The van der Waals surface area contributed by atoms with Crippen LogP contribution >= 0.6 is 15.9 Å². The highest BCUT2D eigenvalue weighted by atomic mass is 79.9. The average molecular weight is 551 g/mol. The van der Waals surface area contributed by atoms with E-state index >= 15 is 0 Å². The average Bonchev–Trinajstić information content (AvgIpc) is 3.33. The number of para-hydroxylation sites is 1. The minimum Gasteiger partial charge on any atom is -0.309 e. The molecule has 0 aliphatic rings. The van der Waals surface area contributed by atoms with Crippen molar-refractivity contribution in [2.45, 2.75) is 0 Å². The SMILES string of the molecule is Brc1cccc2c1c1ccccc1n2-c1cccc(-c2cc(-c3ccccc3)nc(-c3ccccc3)c2)c1. The molecule has 0 bridgehead atoms. The Hall–Kier alpha value is -4.47. The van der Waals surface area contributed by atoms with Crippen molar-refractivity contribution in [1.29, 1.82) is 0 Å². The zero-order valence-corrected chi connectivity index (χ0v) is 22.1. The molecule has 2 nitrogen and oxygen atoms in total. The van der Waals surface area contributed by atoms with Crippen molar-refractivity contribution in [2.24, 2.45) is 0 Å². The van der Waals surface area contributed by atoms with Crippen LogP contribution in [0.1, 0.15) is 0 Å². The lowest BCUT2D eigenvalue weighted by molar-refractivity contribution is 1.18. The number of fused-ring (bicyclic) bond motifs is 3. The van der Waals surface area contributed by atoms with E-state index in [1.54, 1.807) is 0 Å². The molecule has 0 spiro atoms. The second kappa shape index (κ2) is 9.44. The van der Waals surface area contributed by atoms with Crippen molar-refractivity contribution >= 4 is 37.7 Å². The van der Waals surface area contributed by atoms with E-state index in [0.717, 1.165) is 43.8 Å². The molecule has 0 N–H and O–H groups in total. The lowest BCUT2D eigenvalue weighted by Crippen LogP contribution is -1.95. The topological polar surface area (TPSA) is 17.8 Å². The summed E-state index contributed by atoms with van der Waals surface area (Å²) in [5.74, 6) is 0. The summed E-state index contributed by atoms with van der Waals surface area (Å²) in [4.78, 5) is 5.05. The van der Waals surface area contributed by atoms with Crippen molar-refractivity contribution in [3.63, 3.8) is 0 Å². The van der Waals surface area contributed by atoms with Gasteiger partial charge in [-0.05, 0) is 53.6 Å². The number of rotatable bonds is 4. The number of aromatic nitrogens is 2. The zero-order valence-electron chi connectivity index (χ0n) is 20.6. The van der Waals surface area contributed by atoms with E-state index < -0.39 is 0 Å². The minimum absolute atomic E-state index is 0.966. The fourth-order valence-electron chi connectivity index (χ4n) is 5.29. The van der Waals surface area contributed by atoms with Gasteiger partial charge in [0.15, 0.2) is 0 Å². The molecule has 3 heteroatoms. The molecule has 0 fully saturated rings. The van der Waals surface area contributed by atoms with Gasteiger partial charge in [0.25, 0.3) is 0 Å². The largest absolute Gasteiger partial charge is 0.309 e. The van der Waals surface area contributed by atoms with Crippen molar-refractivity contribution in [2.75, 3.05) is 0 Å². The van der Waals surface area contributed by atoms with Crippen LogP contribution in [0, 0.1) is 0 Å². The smallest absolute Gasteiger partial charge is 0.0715 e. The minimum atomic E-state index is 0.966. The first kappa shape index (κ1) is 22.7. The Morgan fingerprint density at radius 1 is 0.474 bits per heavy atom. The van der Waals surface area contributed by atoms with Gasteiger partial charge >= 0.3 is 0 Å². The van der Waals surface area contributed by atoms with Gasteiger partial charge in [0.2, 0.25) is 0 Å². The number of benzene rings is 5. The zero-order chi connectivity index (χ0) is 25.5. The molecule has 0 amide bonds. The van der Waals surface area contributed by atoms with Gasteiger partial charge in [-0.3, -0.25) is 0 Å². The van der Waals surface area contributed by atoms with Crippen molar-refractivity contribution in [3.8, 4) is 39.3 Å². The van der Waals surface area contributed by atoms with E-state index in [1.165, 1.54) is 21.8 Å². The van der Waals surface area contributed by atoms with E-state index in [-0.39, 0.29) is 0 Å². The van der Waals surface area contributed by atoms with E-state index in [1.807, 2.05) is 12.1 Å². The molecule has 2 aromatic heterocycles. The number of nitrogens with zero attached hydrogens (tertiary/aromatic N) is 2. The van der Waals surface area contributed by atoms with Gasteiger partial charge in [-0.1, -0.05) is 113 Å². The number of hydrogen-bond acceptors (Lipinski definition) is 1. The first-order chi connectivity index (χ1) is 18.8. The predicted molar refractivity (Wildman–Crippen MR) is 163 cm³/mol. The van der Waals surface area contributed by atoms with Crippen LogP contribution in [0.25, 0.3) is 61.1 Å². The molecule has 0 saturated heterocycles. The summed E-state index contributed by atoms with van der Waals surface area (Å²) >= 11 is 3.80. The highest BCUT2D eigenvalue weighted by Crippen LogP contribution is 2.37. The second-order valence-corrected chi connectivity index (χ2v) is 10.2. The van der Waals surface area contributed by atoms with Crippen LogP contribution < -0.4 is 0 Å². The Kier molecular flexibility index (Phi) is 5.64. The molecule has 5 aromatic carbocycles. The number of pyridine rings is 1. The van der Waals surface area contributed by atoms with Crippen LogP contribution in [0.5, 0.6) is 0 Å². The van der Waals surface area contributed by atoms with Crippen LogP contribution in [0.3, 0.4) is 0 Å². The molecule has 0 aliphatic heterocycles. The Labute approximate surface area is 230 Å². The maximum atomic E-state index is 5.05. The summed E-state index contributed by atoms with van der Waals surface area (Å²) in [6.45, 7) is 0. The summed E-state index contributed by atoms with van der Waals surface area (Å²) in [7, 11) is 0. The summed E-state index contributed by atoms with van der Waals surface area (Å²) in [5, 5.41) is 2.47. The Morgan fingerprint density at radius 3 is 1.76 bits per heavy atom. The van der Waals surface area contributed by atoms with E-state index in [4.69, 9.17) is 4.98 Å². The normalized spacial score (nSPS) is 11.3. The van der Waals surface area contributed by atoms with Gasteiger partial charge in [0.1, 0.15) is 0 Å². The monoisotopic (exact) mass is 550 g/mol. The summed E-state index contributed by atoms with van der Waals surface area (Å²) in [6.07, 6.45) is 0. The lowest BCUT2D eigenvalue weighted by Gasteiger charge is -2.13. The quantitative estimate of drug-likeness (QED) is 0.213. The van der Waals surface area contributed by atoms with Crippen LogP contribution in [-0.4, -0.2) is 9.55 Å². The molecule has 2 heterocycles. The molecule has 38 heavy (non-hydrogen) atoms. The Balaban J connectivity index is 1.44. The lowest BCUT2D eigenvalue weighted by atomic mass is 9.99. The van der Waals surface area contributed by atoms with Crippen LogP contribution in [0.4, 0.5) is 0 Å². The van der Waals surface area contributed by atoms with Crippen molar-refractivity contribution in [1.82, 2.24) is 9.55 Å². The Bertz CT molecular complexity index is 1860. The third kappa shape index (κ3) is 3.93. The second-order valence-electron chi connectivity index (χ2n) is 9.40. The van der Waals surface area contributed by atoms with E-state index in [2.05, 4.69) is 148 Å². The van der Waals surface area contributed by atoms with Crippen molar-refractivity contribution in [3.05, 3.63) is 144 Å². The first-order valence-corrected chi connectivity index (χ1v) is 13.5. The number of halogens is 1. The molecule has 180 valence electrons. The van der Waals surface area contributed by atoms with Crippen LogP contribution in [0.15, 0.2) is 144 Å². The summed E-state index contributed by atoms with van der Waals surface area (Å²) < 4.78 is 3.46. The predicted octanol–water partition coefficient (Wildman–Crippen LogP) is 9.94.